The fourth-order valence-electron chi connectivity index (χ4n) is 0.771. The zero-order chi connectivity index (χ0) is 9.40. The van der Waals surface area contributed by atoms with Gasteiger partial charge < -0.3 is 14.4 Å². The number of carbonyl (C=O) groups excluding carboxylic acids is 1. The van der Waals surface area contributed by atoms with E-state index >= 15 is 0 Å². The Morgan fingerprint density at radius 2 is 2.17 bits per heavy atom. The Labute approximate surface area is 73.4 Å². The van der Waals surface area contributed by atoms with E-state index in [9.17, 15) is 4.79 Å². The third kappa shape index (κ3) is 4.96. The van der Waals surface area contributed by atoms with Crippen LogP contribution in [-0.4, -0.2) is 44.9 Å². The van der Waals surface area contributed by atoms with Crippen molar-refractivity contribution in [2.24, 2.45) is 0 Å². The number of methoxy groups -OCH3 is 1. The molecule has 1 amide bonds. The molecule has 0 rings (SSSR count). The molecule has 0 aliphatic rings. The SMILES string of the molecule is CCOC(=O)N(C)CCCOC. The molecule has 0 aromatic rings. The maximum absolute atomic E-state index is 11.0. The molecule has 0 aromatic heterocycles. The van der Waals surface area contributed by atoms with E-state index in [2.05, 4.69) is 0 Å². The van der Waals surface area contributed by atoms with Crippen LogP contribution in [0.15, 0.2) is 0 Å². The third-order valence-electron chi connectivity index (χ3n) is 1.42. The van der Waals surface area contributed by atoms with Gasteiger partial charge in [0.1, 0.15) is 0 Å². The molecule has 0 aromatic carbocycles. The van der Waals surface area contributed by atoms with Gasteiger partial charge in [-0.3, -0.25) is 0 Å². The fourth-order valence-corrected chi connectivity index (χ4v) is 0.771. The summed E-state index contributed by atoms with van der Waals surface area (Å²) in [6, 6.07) is 0. The summed E-state index contributed by atoms with van der Waals surface area (Å²) in [4.78, 5) is 12.5. The maximum atomic E-state index is 11.0. The van der Waals surface area contributed by atoms with Gasteiger partial charge >= 0.3 is 6.09 Å². The van der Waals surface area contributed by atoms with E-state index in [1.165, 1.54) is 0 Å². The maximum Gasteiger partial charge on any atom is 0.409 e. The highest BCUT2D eigenvalue weighted by molar-refractivity contribution is 5.67. The molecule has 4 nitrogen and oxygen atoms in total. The Hall–Kier alpha value is -0.770. The molecule has 72 valence electrons. The van der Waals surface area contributed by atoms with Gasteiger partial charge in [-0.15, -0.1) is 0 Å². The zero-order valence-corrected chi connectivity index (χ0v) is 8.00. The summed E-state index contributed by atoms with van der Waals surface area (Å²) in [5.74, 6) is 0. The van der Waals surface area contributed by atoms with Gasteiger partial charge in [0.25, 0.3) is 0 Å². The van der Waals surface area contributed by atoms with Crippen molar-refractivity contribution < 1.29 is 14.3 Å². The predicted octanol–water partition coefficient (Wildman–Crippen LogP) is 1.11. The molecule has 0 N–H and O–H groups in total. The molecule has 0 radical (unpaired) electrons. The molecule has 0 bridgehead atoms. The number of rotatable bonds is 5. The van der Waals surface area contributed by atoms with Crippen LogP contribution in [0.25, 0.3) is 0 Å². The molecule has 0 unspecified atom stereocenters. The Kier molecular flexibility index (Phi) is 6.47. The number of carbonyl (C=O) groups is 1. The third-order valence-corrected chi connectivity index (χ3v) is 1.42. The number of amides is 1. The van der Waals surface area contributed by atoms with E-state index in [-0.39, 0.29) is 6.09 Å². The van der Waals surface area contributed by atoms with Crippen molar-refractivity contribution in [3.05, 3.63) is 0 Å². The number of ether oxygens (including phenoxy) is 2. The molecular formula is C8H17NO3. The van der Waals surface area contributed by atoms with Crippen molar-refractivity contribution in [1.82, 2.24) is 4.90 Å². The highest BCUT2D eigenvalue weighted by atomic mass is 16.6. The normalized spacial score (nSPS) is 9.58. The monoisotopic (exact) mass is 175 g/mol. The smallest absolute Gasteiger partial charge is 0.409 e. The summed E-state index contributed by atoms with van der Waals surface area (Å²) in [6.45, 7) is 3.56. The van der Waals surface area contributed by atoms with Crippen molar-refractivity contribution in [2.45, 2.75) is 13.3 Å². The van der Waals surface area contributed by atoms with Crippen LogP contribution in [0.3, 0.4) is 0 Å². The molecule has 0 saturated carbocycles. The van der Waals surface area contributed by atoms with Gasteiger partial charge in [0, 0.05) is 27.3 Å². The second-order valence-electron chi connectivity index (χ2n) is 2.47. The van der Waals surface area contributed by atoms with Gasteiger partial charge in [0.05, 0.1) is 6.61 Å². The predicted molar refractivity (Wildman–Crippen MR) is 46.1 cm³/mol. The standard InChI is InChI=1S/C8H17NO3/c1-4-12-8(10)9(2)6-5-7-11-3/h4-7H2,1-3H3. The highest BCUT2D eigenvalue weighted by Crippen LogP contribution is 1.92. The lowest BCUT2D eigenvalue weighted by atomic mass is 10.4. The fraction of sp³-hybridized carbons (Fsp3) is 0.875. The summed E-state index contributed by atoms with van der Waals surface area (Å²) in [5, 5.41) is 0. The lowest BCUT2D eigenvalue weighted by Crippen LogP contribution is -2.28. The van der Waals surface area contributed by atoms with Gasteiger partial charge in [0.15, 0.2) is 0 Å². The van der Waals surface area contributed by atoms with Crippen LogP contribution in [0.1, 0.15) is 13.3 Å². The summed E-state index contributed by atoms with van der Waals surface area (Å²) in [6.07, 6.45) is 0.569. The summed E-state index contributed by atoms with van der Waals surface area (Å²) >= 11 is 0. The van der Waals surface area contributed by atoms with E-state index in [0.29, 0.717) is 19.8 Å². The van der Waals surface area contributed by atoms with Crippen molar-refractivity contribution in [3.63, 3.8) is 0 Å². The van der Waals surface area contributed by atoms with Gasteiger partial charge in [-0.05, 0) is 13.3 Å². The Bertz CT molecular complexity index is 127. The Morgan fingerprint density at radius 3 is 2.67 bits per heavy atom. The van der Waals surface area contributed by atoms with Gasteiger partial charge in [-0.25, -0.2) is 4.79 Å². The van der Waals surface area contributed by atoms with E-state index in [1.54, 1.807) is 26.0 Å². The first kappa shape index (κ1) is 11.2. The van der Waals surface area contributed by atoms with Crippen LogP contribution in [0.2, 0.25) is 0 Å². The number of hydrogen-bond acceptors (Lipinski definition) is 3. The summed E-state index contributed by atoms with van der Waals surface area (Å²) in [7, 11) is 3.36. The summed E-state index contributed by atoms with van der Waals surface area (Å²) in [5.41, 5.74) is 0. The van der Waals surface area contributed by atoms with Crippen molar-refractivity contribution in [3.8, 4) is 0 Å². The second-order valence-corrected chi connectivity index (χ2v) is 2.47. The lowest BCUT2D eigenvalue weighted by Gasteiger charge is -2.15. The van der Waals surface area contributed by atoms with Gasteiger partial charge in [-0.2, -0.15) is 0 Å². The molecular weight excluding hydrogens is 158 g/mol. The minimum Gasteiger partial charge on any atom is -0.450 e. The molecule has 0 heterocycles. The van der Waals surface area contributed by atoms with Crippen LogP contribution in [-0.2, 0) is 9.47 Å². The molecule has 0 aliphatic heterocycles. The Balaban J connectivity index is 3.42. The van der Waals surface area contributed by atoms with Crippen LogP contribution in [0, 0.1) is 0 Å². The first-order valence-electron chi connectivity index (χ1n) is 4.09. The largest absolute Gasteiger partial charge is 0.450 e. The highest BCUT2D eigenvalue weighted by Gasteiger charge is 2.07. The molecule has 0 aliphatic carbocycles. The second kappa shape index (κ2) is 6.91. The van der Waals surface area contributed by atoms with Crippen molar-refractivity contribution in [2.75, 3.05) is 33.9 Å². The molecule has 0 fully saturated rings. The molecule has 4 heteroatoms. The van der Waals surface area contributed by atoms with Crippen LogP contribution in [0.5, 0.6) is 0 Å². The zero-order valence-electron chi connectivity index (χ0n) is 8.00. The van der Waals surface area contributed by atoms with Crippen molar-refractivity contribution >= 4 is 6.09 Å². The van der Waals surface area contributed by atoms with Crippen LogP contribution >= 0.6 is 0 Å². The summed E-state index contributed by atoms with van der Waals surface area (Å²) < 4.78 is 9.63. The first-order chi connectivity index (χ1) is 5.72. The van der Waals surface area contributed by atoms with Crippen LogP contribution in [0.4, 0.5) is 4.79 Å². The molecule has 0 saturated heterocycles. The molecule has 12 heavy (non-hydrogen) atoms. The average molecular weight is 175 g/mol. The quantitative estimate of drug-likeness (QED) is 0.587. The number of nitrogens with zero attached hydrogens (tertiary/aromatic N) is 1. The minimum absolute atomic E-state index is 0.270. The van der Waals surface area contributed by atoms with E-state index in [0.717, 1.165) is 6.42 Å². The molecule has 0 spiro atoms. The lowest BCUT2D eigenvalue weighted by molar-refractivity contribution is 0.111. The van der Waals surface area contributed by atoms with Crippen LogP contribution < -0.4 is 0 Å². The minimum atomic E-state index is -0.270. The van der Waals surface area contributed by atoms with E-state index in [1.807, 2.05) is 0 Å². The number of hydrogen-bond donors (Lipinski definition) is 0. The van der Waals surface area contributed by atoms with E-state index < -0.39 is 0 Å². The Morgan fingerprint density at radius 1 is 1.50 bits per heavy atom. The van der Waals surface area contributed by atoms with E-state index in [4.69, 9.17) is 9.47 Å². The van der Waals surface area contributed by atoms with Crippen molar-refractivity contribution in [1.29, 1.82) is 0 Å². The average Bonchev–Trinajstić information content (AvgIpc) is 2.05. The van der Waals surface area contributed by atoms with Gasteiger partial charge in [0.2, 0.25) is 0 Å². The topological polar surface area (TPSA) is 38.8 Å². The van der Waals surface area contributed by atoms with Gasteiger partial charge in [-0.1, -0.05) is 0 Å². The molecule has 0 atom stereocenters. The first-order valence-corrected chi connectivity index (χ1v) is 4.09.